The summed E-state index contributed by atoms with van der Waals surface area (Å²) in [4.78, 5) is 37.1. The van der Waals surface area contributed by atoms with Gasteiger partial charge in [0.1, 0.15) is 17.1 Å². The highest BCUT2D eigenvalue weighted by Crippen LogP contribution is 2.41. The number of carboxylic acid groups (broad SMARTS) is 1. The lowest BCUT2D eigenvalue weighted by Gasteiger charge is -2.39. The van der Waals surface area contributed by atoms with Crippen LogP contribution in [0.5, 0.6) is 0 Å². The third kappa shape index (κ3) is 6.77. The number of hydrogen-bond donors (Lipinski definition) is 1. The molecule has 1 aromatic heterocycles. The Balaban J connectivity index is 1.76. The summed E-state index contributed by atoms with van der Waals surface area (Å²) in [7, 11) is -2.14. The minimum Gasteiger partial charge on any atom is -0.481 e. The molecule has 216 valence electrons. The second-order valence-electron chi connectivity index (χ2n) is 11.9. The number of aliphatic carboxylic acids is 1. The van der Waals surface area contributed by atoms with Crippen molar-refractivity contribution < 1.29 is 33.1 Å². The number of carbonyl (C=O) groups is 3. The van der Waals surface area contributed by atoms with Gasteiger partial charge in [0.15, 0.2) is 14.1 Å². The summed E-state index contributed by atoms with van der Waals surface area (Å²) >= 11 is 0. The number of Topliss-reactive ketones (excluding diaryl/α,β-unsaturated/α-hetero) is 1. The van der Waals surface area contributed by atoms with Gasteiger partial charge in [-0.05, 0) is 66.5 Å². The van der Waals surface area contributed by atoms with Crippen LogP contribution in [-0.2, 0) is 25.2 Å². The quantitative estimate of drug-likeness (QED) is 0.0846. The molecule has 0 aliphatic rings. The first-order valence-electron chi connectivity index (χ1n) is 13.9. The lowest BCUT2D eigenvalue weighted by atomic mass is 9.93. The molecule has 7 nitrogen and oxygen atoms in total. The van der Waals surface area contributed by atoms with E-state index in [1.807, 2.05) is 36.4 Å². The fourth-order valence-corrected chi connectivity index (χ4v) is 5.90. The monoisotopic (exact) mass is 574 g/mol. The van der Waals surface area contributed by atoms with E-state index < -0.39 is 38.4 Å². The summed E-state index contributed by atoms with van der Waals surface area (Å²) in [6, 6.07) is 21.1. The zero-order chi connectivity index (χ0) is 29.9. The Kier molecular flexibility index (Phi) is 8.85. The molecule has 3 aromatic carbocycles. The Labute approximate surface area is 241 Å². The topological polar surface area (TPSA) is 103 Å². The van der Waals surface area contributed by atoms with E-state index in [0.29, 0.717) is 23.0 Å². The summed E-state index contributed by atoms with van der Waals surface area (Å²) in [5.74, 6) is -4.28. The minimum atomic E-state index is -2.14. The van der Waals surface area contributed by atoms with Crippen LogP contribution in [0.1, 0.15) is 61.7 Å². The highest BCUT2D eigenvalue weighted by Gasteiger charge is 2.39. The molecule has 0 spiro atoms. The van der Waals surface area contributed by atoms with Gasteiger partial charge >= 0.3 is 11.9 Å². The predicted octanol–water partition coefficient (Wildman–Crippen LogP) is 7.73. The Bertz CT molecular complexity index is 1560. The molecule has 0 radical (unpaired) electrons. The van der Waals surface area contributed by atoms with Gasteiger partial charge in [0.05, 0.1) is 19.1 Å². The number of hydrogen-bond acceptors (Lipinski definition) is 6. The predicted molar refractivity (Wildman–Crippen MR) is 162 cm³/mol. The molecule has 0 fully saturated rings. The van der Waals surface area contributed by atoms with Crippen LogP contribution in [0, 0.1) is 5.92 Å². The van der Waals surface area contributed by atoms with Gasteiger partial charge in [-0.1, -0.05) is 57.2 Å². The van der Waals surface area contributed by atoms with Gasteiger partial charge in [0.2, 0.25) is 0 Å². The Morgan fingerprint density at radius 2 is 1.56 bits per heavy atom. The molecule has 0 aliphatic carbocycles. The smallest absolute Gasteiger partial charge is 0.315 e. The van der Waals surface area contributed by atoms with E-state index in [1.54, 1.807) is 19.1 Å². The number of esters is 1. The molecule has 2 atom stereocenters. The number of ketones is 1. The molecule has 0 amide bonds. The summed E-state index contributed by atoms with van der Waals surface area (Å²) < 4.78 is 17.9. The first-order chi connectivity index (χ1) is 19.3. The molecule has 0 bridgehead atoms. The second kappa shape index (κ2) is 12.0. The molecule has 0 saturated carbocycles. The van der Waals surface area contributed by atoms with Crippen LogP contribution in [0.3, 0.4) is 0 Å². The normalized spacial score (nSPS) is 13.7. The van der Waals surface area contributed by atoms with E-state index in [1.165, 1.54) is 11.6 Å². The molecular weight excluding hydrogens is 536 g/mol. The zero-order valence-electron chi connectivity index (χ0n) is 24.5. The number of carboxylic acids is 1. The lowest BCUT2D eigenvalue weighted by molar-refractivity contribution is -0.149. The highest BCUT2D eigenvalue weighted by molar-refractivity contribution is 6.74. The molecule has 8 heteroatoms. The van der Waals surface area contributed by atoms with Gasteiger partial charge in [-0.3, -0.25) is 14.4 Å². The van der Waals surface area contributed by atoms with Crippen molar-refractivity contribution >= 4 is 48.0 Å². The van der Waals surface area contributed by atoms with Crippen LogP contribution >= 0.6 is 0 Å². The average Bonchev–Trinajstić information content (AvgIpc) is 3.28. The van der Waals surface area contributed by atoms with E-state index in [0.717, 1.165) is 10.9 Å². The van der Waals surface area contributed by atoms with E-state index in [2.05, 4.69) is 46.0 Å². The highest BCUT2D eigenvalue weighted by atomic mass is 28.4. The maximum absolute atomic E-state index is 13.2. The van der Waals surface area contributed by atoms with Crippen LogP contribution in [-0.4, -0.2) is 37.8 Å². The van der Waals surface area contributed by atoms with Crippen LogP contribution in [0.15, 0.2) is 71.1 Å². The lowest BCUT2D eigenvalue weighted by Crippen LogP contribution is -2.42. The number of fused-ring (bicyclic) bond motifs is 3. The van der Waals surface area contributed by atoms with Crippen molar-refractivity contribution in [3.63, 3.8) is 0 Å². The van der Waals surface area contributed by atoms with Crippen LogP contribution in [0.25, 0.3) is 21.9 Å². The Morgan fingerprint density at radius 1 is 0.927 bits per heavy atom. The first kappa shape index (κ1) is 30.2. The van der Waals surface area contributed by atoms with Crippen molar-refractivity contribution in [2.75, 3.05) is 6.61 Å². The first-order valence-corrected chi connectivity index (χ1v) is 16.8. The van der Waals surface area contributed by atoms with Crippen LogP contribution < -0.4 is 0 Å². The van der Waals surface area contributed by atoms with Crippen molar-refractivity contribution in [1.29, 1.82) is 0 Å². The molecule has 0 saturated heterocycles. The van der Waals surface area contributed by atoms with Gasteiger partial charge in [0, 0.05) is 22.8 Å². The van der Waals surface area contributed by atoms with Crippen LogP contribution in [0.2, 0.25) is 18.1 Å². The largest absolute Gasteiger partial charge is 0.481 e. The average molecular weight is 575 g/mol. The van der Waals surface area contributed by atoms with E-state index in [9.17, 15) is 19.5 Å². The number of ether oxygens (including phenoxy) is 1. The number of carbonyl (C=O) groups excluding carboxylic acids is 2. The molecule has 4 rings (SSSR count). The number of furan rings is 1. The van der Waals surface area contributed by atoms with Crippen LogP contribution in [0.4, 0.5) is 0 Å². The molecular formula is C33H38O7Si. The van der Waals surface area contributed by atoms with Crippen molar-refractivity contribution in [2.45, 2.75) is 64.8 Å². The number of benzene rings is 3. The van der Waals surface area contributed by atoms with Gasteiger partial charge in [-0.15, -0.1) is 0 Å². The maximum atomic E-state index is 13.2. The maximum Gasteiger partial charge on any atom is 0.315 e. The third-order valence-corrected chi connectivity index (χ3v) is 12.4. The van der Waals surface area contributed by atoms with Gasteiger partial charge in [-0.25, -0.2) is 0 Å². The molecule has 4 aromatic rings. The van der Waals surface area contributed by atoms with Crippen molar-refractivity contribution in [3.05, 3.63) is 83.4 Å². The van der Waals surface area contributed by atoms with Gasteiger partial charge in [0.25, 0.3) is 0 Å². The fourth-order valence-electron chi connectivity index (χ4n) is 4.62. The molecule has 2 unspecified atom stereocenters. The third-order valence-electron chi connectivity index (χ3n) is 7.95. The summed E-state index contributed by atoms with van der Waals surface area (Å²) in [6.07, 6.45) is -0.0205. The zero-order valence-corrected chi connectivity index (χ0v) is 25.5. The Hall–Kier alpha value is -3.75. The number of rotatable bonds is 11. The summed E-state index contributed by atoms with van der Waals surface area (Å²) in [5.41, 5.74) is 3.59. The van der Waals surface area contributed by atoms with E-state index in [4.69, 9.17) is 13.6 Å². The van der Waals surface area contributed by atoms with Gasteiger partial charge in [-0.2, -0.15) is 0 Å². The standard InChI is InChI=1S/C33H38O7Si/c1-7-38-30(34)20-26(32(36)37)31(35)23-14-16-28-25(19-23)24-18-22(13-15-27(24)39-28)29(17-21-11-9-8-10-12-21)40-41(5,6)33(2,3)4/h8-16,18-19,26,29H,7,17,20H2,1-6H3,(H,36,37). The van der Waals surface area contributed by atoms with E-state index >= 15 is 0 Å². The van der Waals surface area contributed by atoms with Gasteiger partial charge < -0.3 is 18.7 Å². The second-order valence-corrected chi connectivity index (χ2v) is 16.6. The molecule has 1 N–H and O–H groups in total. The molecule has 0 aliphatic heterocycles. The molecule has 41 heavy (non-hydrogen) atoms. The van der Waals surface area contributed by atoms with Crippen molar-refractivity contribution in [1.82, 2.24) is 0 Å². The minimum absolute atomic E-state index is 0.0217. The summed E-state index contributed by atoms with van der Waals surface area (Å²) in [6.45, 7) is 12.9. The SMILES string of the molecule is CCOC(=O)CC(C(=O)O)C(=O)c1ccc2oc3ccc(C(Cc4ccccc4)O[Si](C)(C)C(C)(C)C)cc3c2c1. The summed E-state index contributed by atoms with van der Waals surface area (Å²) in [5, 5.41) is 11.2. The molecule has 1 heterocycles. The van der Waals surface area contributed by atoms with Crippen molar-refractivity contribution in [3.8, 4) is 0 Å². The van der Waals surface area contributed by atoms with E-state index in [-0.39, 0.29) is 23.3 Å². The van der Waals surface area contributed by atoms with Crippen molar-refractivity contribution in [2.24, 2.45) is 5.92 Å². The fraction of sp³-hybridized carbons (Fsp3) is 0.364. The Morgan fingerprint density at radius 3 is 2.17 bits per heavy atom.